The van der Waals surface area contributed by atoms with Gasteiger partial charge in [-0.3, -0.25) is 0 Å². The Hall–Kier alpha value is -0.940. The monoisotopic (exact) mass is 318 g/mol. The SMILES string of the molecule is CC(O)C(=O)[O-].O=C([O-])CC(O)(CC(=O)[O-])C(=O)[O-].[Ca+2]. The average molecular weight is 318 g/mol. The summed E-state index contributed by atoms with van der Waals surface area (Å²) in [6.07, 6.45) is -4.06. The summed E-state index contributed by atoms with van der Waals surface area (Å²) in [5.74, 6) is -7.42. The summed E-state index contributed by atoms with van der Waals surface area (Å²) >= 11 is 0. The topological polar surface area (TPSA) is 201 Å². The first kappa shape index (κ1) is 24.1. The van der Waals surface area contributed by atoms with Crippen molar-refractivity contribution < 1.29 is 49.8 Å². The zero-order valence-corrected chi connectivity index (χ0v) is 12.6. The Kier molecular flexibility index (Phi) is 13.0. The first-order valence-electron chi connectivity index (χ1n) is 4.65. The first-order chi connectivity index (χ1) is 8.42. The molecule has 0 aliphatic rings. The van der Waals surface area contributed by atoms with Crippen LogP contribution >= 0.6 is 0 Å². The van der Waals surface area contributed by atoms with Gasteiger partial charge >= 0.3 is 37.7 Å². The van der Waals surface area contributed by atoms with Crippen molar-refractivity contribution in [1.29, 1.82) is 0 Å². The summed E-state index contributed by atoms with van der Waals surface area (Å²) in [5.41, 5.74) is -2.97. The number of carbonyl (C=O) groups is 4. The second-order valence-electron chi connectivity index (χ2n) is 3.41. The molecule has 0 saturated heterocycles. The standard InChI is InChI=1S/C6H8O7.C3H6O3.Ca/c7-3(8)1-6(13,5(11)12)2-4(9)10;1-2(4)3(5)6;/h13H,1-2H2,(H,7,8)(H,9,10)(H,11,12);2,4H,1H3,(H,5,6);/q;;+2/p-4. The molecule has 1 atom stereocenters. The third-order valence-corrected chi connectivity index (χ3v) is 1.59. The van der Waals surface area contributed by atoms with Gasteiger partial charge in [-0.2, -0.15) is 0 Å². The Morgan fingerprint density at radius 3 is 1.35 bits per heavy atom. The molecule has 0 rings (SSSR count). The minimum atomic E-state index is -2.97. The van der Waals surface area contributed by atoms with Crippen LogP contribution in [-0.2, 0) is 19.2 Å². The maximum Gasteiger partial charge on any atom is 2.00 e. The molecule has 10 nitrogen and oxygen atoms in total. The van der Waals surface area contributed by atoms with Gasteiger partial charge in [0.2, 0.25) is 0 Å². The predicted octanol–water partition coefficient (Wildman–Crippen LogP) is -7.52. The van der Waals surface area contributed by atoms with Crippen molar-refractivity contribution in [3.63, 3.8) is 0 Å². The van der Waals surface area contributed by atoms with Crippen molar-refractivity contribution in [2.24, 2.45) is 0 Å². The Balaban J connectivity index is -0.000000352. The van der Waals surface area contributed by atoms with Gasteiger partial charge in [-0.15, -0.1) is 0 Å². The van der Waals surface area contributed by atoms with E-state index in [0.29, 0.717) is 0 Å². The van der Waals surface area contributed by atoms with E-state index in [1.54, 1.807) is 0 Å². The van der Waals surface area contributed by atoms with Gasteiger partial charge in [-0.1, -0.05) is 0 Å². The van der Waals surface area contributed by atoms with Gasteiger partial charge in [-0.25, -0.2) is 0 Å². The summed E-state index contributed by atoms with van der Waals surface area (Å²) in [6.45, 7) is 1.13. The Labute approximate surface area is 142 Å². The van der Waals surface area contributed by atoms with Crippen molar-refractivity contribution in [2.45, 2.75) is 31.5 Å². The molecular weight excluding hydrogens is 308 g/mol. The molecule has 110 valence electrons. The molecule has 0 amide bonds. The normalized spacial score (nSPS) is 11.2. The Morgan fingerprint density at radius 1 is 1.00 bits per heavy atom. The molecule has 0 spiro atoms. The maximum absolute atomic E-state index is 10.1. The van der Waals surface area contributed by atoms with E-state index >= 15 is 0 Å². The van der Waals surface area contributed by atoms with Crippen molar-refractivity contribution in [3.8, 4) is 0 Å². The van der Waals surface area contributed by atoms with Crippen LogP contribution in [0.25, 0.3) is 0 Å². The molecule has 2 N–H and O–H groups in total. The number of carboxylic acids is 4. The minimum absolute atomic E-state index is 0. The zero-order valence-electron chi connectivity index (χ0n) is 10.4. The molecule has 0 aliphatic carbocycles. The second-order valence-corrected chi connectivity index (χ2v) is 3.41. The quantitative estimate of drug-likeness (QED) is 0.443. The van der Waals surface area contributed by atoms with E-state index in [4.69, 9.17) is 10.2 Å². The predicted molar refractivity (Wildman–Crippen MR) is 51.6 cm³/mol. The summed E-state index contributed by atoms with van der Waals surface area (Å²) < 4.78 is 0. The van der Waals surface area contributed by atoms with Gasteiger partial charge in [0.25, 0.3) is 0 Å². The molecule has 11 heteroatoms. The van der Waals surface area contributed by atoms with Crippen LogP contribution in [0.15, 0.2) is 0 Å². The van der Waals surface area contributed by atoms with E-state index in [9.17, 15) is 39.6 Å². The summed E-state index contributed by atoms with van der Waals surface area (Å²) in [4.78, 5) is 39.3. The molecular formula is C9H10CaO10-2. The first-order valence-corrected chi connectivity index (χ1v) is 4.65. The second kappa shape index (κ2) is 10.8. The number of rotatable bonds is 6. The van der Waals surface area contributed by atoms with Gasteiger partial charge in [0.05, 0.1) is 18.0 Å². The van der Waals surface area contributed by atoms with E-state index in [1.165, 1.54) is 0 Å². The fourth-order valence-electron chi connectivity index (χ4n) is 0.684. The molecule has 0 aromatic carbocycles. The Bertz CT molecular complexity index is 348. The molecule has 0 aliphatic heterocycles. The molecule has 1 unspecified atom stereocenters. The molecule has 0 aromatic heterocycles. The number of aliphatic carboxylic acids is 4. The molecule has 0 aromatic rings. The van der Waals surface area contributed by atoms with Crippen molar-refractivity contribution in [1.82, 2.24) is 0 Å². The number of aliphatic hydroxyl groups excluding tert-OH is 1. The van der Waals surface area contributed by atoms with E-state index in [1.807, 2.05) is 0 Å². The van der Waals surface area contributed by atoms with Gasteiger partial charge in [0.15, 0.2) is 0 Å². The summed E-state index contributed by atoms with van der Waals surface area (Å²) in [6, 6.07) is 0. The van der Waals surface area contributed by atoms with Crippen LogP contribution in [0.4, 0.5) is 0 Å². The number of hydrogen-bond acceptors (Lipinski definition) is 10. The van der Waals surface area contributed by atoms with Crippen LogP contribution in [0.3, 0.4) is 0 Å². The molecule has 0 heterocycles. The van der Waals surface area contributed by atoms with Crippen molar-refractivity contribution in [3.05, 3.63) is 0 Å². The van der Waals surface area contributed by atoms with Gasteiger partial charge in [0.1, 0.15) is 5.60 Å². The number of aliphatic hydroxyl groups is 2. The fraction of sp³-hybridized carbons (Fsp3) is 0.556. The van der Waals surface area contributed by atoms with Crippen LogP contribution in [-0.4, -0.2) is 83.5 Å². The number of hydrogen-bond donors (Lipinski definition) is 2. The van der Waals surface area contributed by atoms with Crippen LogP contribution in [0.5, 0.6) is 0 Å². The molecule has 0 fully saturated rings. The molecule has 0 bridgehead atoms. The minimum Gasteiger partial charge on any atom is -0.550 e. The molecule has 20 heavy (non-hydrogen) atoms. The number of carbonyl (C=O) groups excluding carboxylic acids is 4. The van der Waals surface area contributed by atoms with Crippen LogP contribution in [0.2, 0.25) is 0 Å². The van der Waals surface area contributed by atoms with E-state index in [0.717, 1.165) is 6.92 Å². The smallest absolute Gasteiger partial charge is 0.550 e. The van der Waals surface area contributed by atoms with Gasteiger partial charge < -0.3 is 49.8 Å². The fourth-order valence-corrected chi connectivity index (χ4v) is 0.684. The maximum atomic E-state index is 10.1. The third kappa shape index (κ3) is 12.1. The van der Waals surface area contributed by atoms with Crippen LogP contribution in [0.1, 0.15) is 19.8 Å². The van der Waals surface area contributed by atoms with Crippen LogP contribution < -0.4 is 20.4 Å². The van der Waals surface area contributed by atoms with Crippen molar-refractivity contribution >= 4 is 61.6 Å². The number of carboxylic acid groups (broad SMARTS) is 4. The van der Waals surface area contributed by atoms with Gasteiger partial charge in [0, 0.05) is 24.8 Å². The zero-order chi connectivity index (χ0) is 15.8. The molecule has 0 saturated carbocycles. The molecule has 0 radical (unpaired) electrons. The van der Waals surface area contributed by atoms with Gasteiger partial charge in [-0.05, 0) is 6.92 Å². The Morgan fingerprint density at radius 2 is 1.25 bits per heavy atom. The van der Waals surface area contributed by atoms with E-state index < -0.39 is 48.4 Å². The summed E-state index contributed by atoms with van der Waals surface area (Å²) in [7, 11) is 0. The van der Waals surface area contributed by atoms with E-state index in [2.05, 4.69) is 0 Å². The summed E-state index contributed by atoms with van der Waals surface area (Å²) in [5, 5.41) is 56.2. The van der Waals surface area contributed by atoms with Crippen molar-refractivity contribution in [2.75, 3.05) is 0 Å². The van der Waals surface area contributed by atoms with E-state index in [-0.39, 0.29) is 37.7 Å². The third-order valence-electron chi connectivity index (χ3n) is 1.59. The van der Waals surface area contributed by atoms with Crippen LogP contribution in [0, 0.1) is 0 Å². The average Bonchev–Trinajstić information content (AvgIpc) is 2.14. The largest absolute Gasteiger partial charge is 2.00 e.